The van der Waals surface area contributed by atoms with Gasteiger partial charge in [-0.15, -0.1) is 0 Å². The topological polar surface area (TPSA) is 90.9 Å². The van der Waals surface area contributed by atoms with Crippen LogP contribution in [0.2, 0.25) is 0 Å². The molecule has 7 heteroatoms. The maximum atomic E-state index is 12.4. The van der Waals surface area contributed by atoms with Crippen molar-refractivity contribution < 1.29 is 19.4 Å². The van der Waals surface area contributed by atoms with Crippen molar-refractivity contribution in [2.75, 3.05) is 43.5 Å². The van der Waals surface area contributed by atoms with Gasteiger partial charge in [0, 0.05) is 23.5 Å². The van der Waals surface area contributed by atoms with Crippen molar-refractivity contribution in [3.05, 3.63) is 54.1 Å². The molecule has 0 aliphatic rings. The maximum absolute atomic E-state index is 12.4. The van der Waals surface area contributed by atoms with E-state index in [0.717, 1.165) is 5.75 Å². The van der Waals surface area contributed by atoms with E-state index >= 15 is 0 Å². The number of aliphatic hydroxyl groups excluding tert-OH is 1. The Kier molecular flexibility index (Phi) is 8.45. The first kappa shape index (κ1) is 21.4. The summed E-state index contributed by atoms with van der Waals surface area (Å²) in [7, 11) is 0. The second-order valence-corrected chi connectivity index (χ2v) is 6.13. The number of ether oxygens (including phenoxy) is 1. The molecule has 150 valence electrons. The molecule has 28 heavy (non-hydrogen) atoms. The molecule has 0 atom stereocenters. The summed E-state index contributed by atoms with van der Waals surface area (Å²) in [6, 6.07) is 13.9. The van der Waals surface area contributed by atoms with Gasteiger partial charge < -0.3 is 20.5 Å². The van der Waals surface area contributed by atoms with E-state index in [-0.39, 0.29) is 25.0 Å². The number of anilines is 2. The average molecular weight is 385 g/mol. The lowest BCUT2D eigenvalue weighted by Gasteiger charge is -2.18. The van der Waals surface area contributed by atoms with Gasteiger partial charge in [0.2, 0.25) is 5.91 Å². The second kappa shape index (κ2) is 11.1. The van der Waals surface area contributed by atoms with Crippen molar-refractivity contribution in [3.63, 3.8) is 0 Å². The lowest BCUT2D eigenvalue weighted by atomic mass is 10.2. The zero-order chi connectivity index (χ0) is 20.4. The summed E-state index contributed by atoms with van der Waals surface area (Å²) in [5.74, 6) is 0.352. The van der Waals surface area contributed by atoms with Crippen molar-refractivity contribution in [1.29, 1.82) is 0 Å². The Morgan fingerprint density at radius 1 is 0.964 bits per heavy atom. The van der Waals surface area contributed by atoms with E-state index in [4.69, 9.17) is 9.84 Å². The largest absolute Gasteiger partial charge is 0.494 e. The monoisotopic (exact) mass is 385 g/mol. The van der Waals surface area contributed by atoms with Crippen LogP contribution < -0.4 is 15.4 Å². The third-order valence-electron chi connectivity index (χ3n) is 4.08. The Morgan fingerprint density at radius 2 is 1.57 bits per heavy atom. The number of likely N-dealkylation sites (N-methyl/N-ethyl adjacent to an activating group) is 1. The first-order valence-corrected chi connectivity index (χ1v) is 9.33. The zero-order valence-corrected chi connectivity index (χ0v) is 16.3. The van der Waals surface area contributed by atoms with Crippen molar-refractivity contribution in [1.82, 2.24) is 4.90 Å². The summed E-state index contributed by atoms with van der Waals surface area (Å²) in [4.78, 5) is 26.3. The highest BCUT2D eigenvalue weighted by molar-refractivity contribution is 6.04. The van der Waals surface area contributed by atoms with E-state index in [1.165, 1.54) is 0 Å². The molecule has 0 saturated heterocycles. The molecule has 2 aromatic carbocycles. The average Bonchev–Trinajstić information content (AvgIpc) is 2.69. The fourth-order valence-electron chi connectivity index (χ4n) is 2.60. The van der Waals surface area contributed by atoms with Gasteiger partial charge in [-0.25, -0.2) is 0 Å². The quantitative estimate of drug-likeness (QED) is 0.585. The highest BCUT2D eigenvalue weighted by Gasteiger charge is 2.10. The summed E-state index contributed by atoms with van der Waals surface area (Å²) >= 11 is 0. The van der Waals surface area contributed by atoms with Gasteiger partial charge in [-0.05, 0) is 62.0 Å². The van der Waals surface area contributed by atoms with E-state index in [1.807, 2.05) is 18.7 Å². The minimum absolute atomic E-state index is 0.0132. The van der Waals surface area contributed by atoms with Gasteiger partial charge in [0.05, 0.1) is 19.8 Å². The van der Waals surface area contributed by atoms with Crippen molar-refractivity contribution in [2.45, 2.75) is 13.8 Å². The molecule has 0 spiro atoms. The summed E-state index contributed by atoms with van der Waals surface area (Å²) in [6.07, 6.45) is 0. The minimum Gasteiger partial charge on any atom is -0.494 e. The number of hydrogen-bond donors (Lipinski definition) is 3. The van der Waals surface area contributed by atoms with Gasteiger partial charge in [0.1, 0.15) is 5.75 Å². The molecule has 0 heterocycles. The normalized spacial score (nSPS) is 10.6. The summed E-state index contributed by atoms with van der Waals surface area (Å²) in [5, 5.41) is 14.6. The lowest BCUT2D eigenvalue weighted by Crippen LogP contribution is -2.35. The number of carbonyl (C=O) groups excluding carboxylic acids is 2. The molecule has 0 radical (unpaired) electrons. The highest BCUT2D eigenvalue weighted by Crippen LogP contribution is 2.17. The zero-order valence-electron chi connectivity index (χ0n) is 16.3. The molecule has 0 aliphatic heterocycles. The first-order valence-electron chi connectivity index (χ1n) is 9.33. The molecular weight excluding hydrogens is 358 g/mol. The number of carbonyl (C=O) groups is 2. The summed E-state index contributed by atoms with van der Waals surface area (Å²) < 4.78 is 5.38. The molecule has 0 bridgehead atoms. The molecule has 0 aliphatic carbocycles. The molecule has 0 unspecified atom stereocenters. The third kappa shape index (κ3) is 6.68. The third-order valence-corrected chi connectivity index (χ3v) is 4.08. The van der Waals surface area contributed by atoms with Crippen LogP contribution in [0.15, 0.2) is 48.5 Å². The van der Waals surface area contributed by atoms with E-state index in [2.05, 4.69) is 10.6 Å². The Hall–Kier alpha value is -2.90. The van der Waals surface area contributed by atoms with Gasteiger partial charge >= 0.3 is 0 Å². The van der Waals surface area contributed by atoms with Crippen molar-refractivity contribution in [2.24, 2.45) is 0 Å². The van der Waals surface area contributed by atoms with Crippen LogP contribution in [0.1, 0.15) is 24.2 Å². The standard InChI is InChI=1S/C21H27N3O4/c1-3-24(13-14-25)15-20(26)22-17-7-5-16(6-8-17)21(27)23-18-9-11-19(12-10-18)28-4-2/h5-12,25H,3-4,13-15H2,1-2H3,(H,22,26)(H,23,27). The number of aliphatic hydroxyl groups is 1. The lowest BCUT2D eigenvalue weighted by molar-refractivity contribution is -0.117. The Balaban J connectivity index is 1.90. The first-order chi connectivity index (χ1) is 13.5. The van der Waals surface area contributed by atoms with Gasteiger partial charge in [-0.3, -0.25) is 14.5 Å². The highest BCUT2D eigenvalue weighted by atomic mass is 16.5. The molecule has 7 nitrogen and oxygen atoms in total. The molecule has 2 amide bonds. The Labute approximate surface area is 165 Å². The fraction of sp³-hybridized carbons (Fsp3) is 0.333. The number of benzene rings is 2. The van der Waals surface area contributed by atoms with Crippen LogP contribution in [0.3, 0.4) is 0 Å². The molecule has 0 aromatic heterocycles. The van der Waals surface area contributed by atoms with Crippen LogP contribution in [0, 0.1) is 0 Å². The summed E-state index contributed by atoms with van der Waals surface area (Å²) in [6.45, 7) is 5.79. The van der Waals surface area contributed by atoms with Crippen LogP contribution in [0.25, 0.3) is 0 Å². The summed E-state index contributed by atoms with van der Waals surface area (Å²) in [5.41, 5.74) is 1.78. The number of rotatable bonds is 10. The minimum atomic E-state index is -0.234. The van der Waals surface area contributed by atoms with Crippen LogP contribution in [-0.4, -0.2) is 54.7 Å². The molecular formula is C21H27N3O4. The molecule has 2 aromatic rings. The number of nitrogens with one attached hydrogen (secondary N) is 2. The van der Waals surface area contributed by atoms with Crippen molar-refractivity contribution in [3.8, 4) is 5.75 Å². The second-order valence-electron chi connectivity index (χ2n) is 6.13. The van der Waals surface area contributed by atoms with Gasteiger partial charge in [-0.2, -0.15) is 0 Å². The van der Waals surface area contributed by atoms with Gasteiger partial charge in [-0.1, -0.05) is 6.92 Å². The van der Waals surface area contributed by atoms with E-state index in [9.17, 15) is 9.59 Å². The van der Waals surface area contributed by atoms with E-state index in [1.54, 1.807) is 48.5 Å². The van der Waals surface area contributed by atoms with E-state index in [0.29, 0.717) is 36.6 Å². The Morgan fingerprint density at radius 3 is 2.14 bits per heavy atom. The van der Waals surface area contributed by atoms with Crippen LogP contribution >= 0.6 is 0 Å². The number of amides is 2. The van der Waals surface area contributed by atoms with Gasteiger partial charge in [0.25, 0.3) is 5.91 Å². The van der Waals surface area contributed by atoms with E-state index < -0.39 is 0 Å². The smallest absolute Gasteiger partial charge is 0.255 e. The fourth-order valence-corrected chi connectivity index (χ4v) is 2.60. The molecule has 0 fully saturated rings. The molecule has 3 N–H and O–H groups in total. The van der Waals surface area contributed by atoms with Crippen molar-refractivity contribution >= 4 is 23.2 Å². The number of hydrogen-bond acceptors (Lipinski definition) is 5. The molecule has 2 rings (SSSR count). The number of nitrogens with zero attached hydrogens (tertiary/aromatic N) is 1. The predicted molar refractivity (Wildman–Crippen MR) is 110 cm³/mol. The van der Waals surface area contributed by atoms with Crippen LogP contribution in [0.5, 0.6) is 5.75 Å². The molecule has 0 saturated carbocycles. The van der Waals surface area contributed by atoms with Crippen LogP contribution in [-0.2, 0) is 4.79 Å². The SMILES string of the molecule is CCOc1ccc(NC(=O)c2ccc(NC(=O)CN(CC)CCO)cc2)cc1. The maximum Gasteiger partial charge on any atom is 0.255 e. The van der Waals surface area contributed by atoms with Crippen LogP contribution in [0.4, 0.5) is 11.4 Å². The predicted octanol–water partition coefficient (Wildman–Crippen LogP) is 2.59. The van der Waals surface area contributed by atoms with Gasteiger partial charge in [0.15, 0.2) is 0 Å². The Bertz CT molecular complexity index is 760.